The number of thiophene rings is 1. The van der Waals surface area contributed by atoms with E-state index in [1.807, 2.05) is 12.1 Å². The Kier molecular flexibility index (Phi) is 8.37. The average Bonchev–Trinajstić information content (AvgIpc) is 3.19. The molecule has 1 aliphatic heterocycles. The number of nitrogens with zero attached hydrogens (tertiary/aromatic N) is 1. The van der Waals surface area contributed by atoms with Crippen LogP contribution in [-0.4, -0.2) is 42.7 Å². The van der Waals surface area contributed by atoms with Crippen molar-refractivity contribution in [2.24, 2.45) is 5.92 Å². The molecule has 9 heteroatoms. The number of allylic oxidation sites excluding steroid dienone is 1. The van der Waals surface area contributed by atoms with Crippen molar-refractivity contribution < 1.29 is 14.7 Å². The van der Waals surface area contributed by atoms with Crippen molar-refractivity contribution in [2.75, 3.05) is 29.9 Å². The zero-order chi connectivity index (χ0) is 22.4. The Bertz CT molecular complexity index is 950. The number of benzene rings is 1. The molecule has 1 aromatic heterocycles. The number of hydrogen-bond acceptors (Lipinski definition) is 5. The predicted molar refractivity (Wildman–Crippen MR) is 128 cm³/mol. The number of halogens is 2. The van der Waals surface area contributed by atoms with E-state index in [1.165, 1.54) is 11.3 Å². The molecule has 2 atom stereocenters. The second-order valence-corrected chi connectivity index (χ2v) is 9.49. The van der Waals surface area contributed by atoms with E-state index in [2.05, 4.69) is 17.2 Å². The van der Waals surface area contributed by atoms with Gasteiger partial charge in [0.1, 0.15) is 0 Å². The van der Waals surface area contributed by atoms with Crippen molar-refractivity contribution in [1.82, 2.24) is 5.32 Å². The second-order valence-electron chi connectivity index (χ2n) is 7.37. The van der Waals surface area contributed by atoms with E-state index in [4.69, 9.17) is 23.2 Å². The number of aliphatic hydroxyl groups excluding tert-OH is 1. The molecule has 166 valence electrons. The Morgan fingerprint density at radius 1 is 1.32 bits per heavy atom. The molecule has 0 aliphatic carbocycles. The van der Waals surface area contributed by atoms with E-state index in [1.54, 1.807) is 29.2 Å². The van der Waals surface area contributed by atoms with Crippen LogP contribution in [0.1, 0.15) is 28.9 Å². The van der Waals surface area contributed by atoms with Crippen molar-refractivity contribution in [3.05, 3.63) is 57.2 Å². The topological polar surface area (TPSA) is 81.7 Å². The standard InChI is InChI=1S/C22H25Cl2N3O3S/c1-2-4-14-5-3-10-27(22(14)30)18-7-6-15(11-17(18)23)25-12-16(28)13-26-21(29)19-8-9-20(24)31-19/h2,6-9,11,14,16,25,28H,1,3-5,10,12-13H2,(H,26,29)/t14?,16-/m0/s1. The Morgan fingerprint density at radius 2 is 2.13 bits per heavy atom. The monoisotopic (exact) mass is 481 g/mol. The number of rotatable bonds is 9. The number of aliphatic hydroxyl groups is 1. The Labute approximate surface area is 195 Å². The number of anilines is 2. The summed E-state index contributed by atoms with van der Waals surface area (Å²) in [5, 5.41) is 16.4. The molecule has 2 aromatic rings. The summed E-state index contributed by atoms with van der Waals surface area (Å²) in [6, 6.07) is 8.67. The van der Waals surface area contributed by atoms with Gasteiger partial charge in [0.25, 0.3) is 5.91 Å². The summed E-state index contributed by atoms with van der Waals surface area (Å²) in [4.78, 5) is 27.0. The van der Waals surface area contributed by atoms with Crippen molar-refractivity contribution in [3.8, 4) is 0 Å². The number of carbonyl (C=O) groups excluding carboxylic acids is 2. The molecule has 0 radical (unpaired) electrons. The van der Waals surface area contributed by atoms with Gasteiger partial charge in [0, 0.05) is 31.2 Å². The molecule has 0 saturated carbocycles. The number of hydrogen-bond donors (Lipinski definition) is 3. The minimum atomic E-state index is -0.791. The fraction of sp³-hybridized carbons (Fsp3) is 0.364. The highest BCUT2D eigenvalue weighted by Crippen LogP contribution is 2.33. The number of carbonyl (C=O) groups is 2. The number of nitrogens with one attached hydrogen (secondary N) is 2. The molecule has 0 spiro atoms. The number of amides is 2. The summed E-state index contributed by atoms with van der Waals surface area (Å²) in [7, 11) is 0. The lowest BCUT2D eigenvalue weighted by Crippen LogP contribution is -2.41. The quantitative estimate of drug-likeness (QED) is 0.457. The van der Waals surface area contributed by atoms with E-state index in [0.29, 0.717) is 32.9 Å². The largest absolute Gasteiger partial charge is 0.389 e. The first-order chi connectivity index (χ1) is 14.9. The SMILES string of the molecule is C=CCC1CCCN(c2ccc(NC[C@H](O)CNC(=O)c3ccc(Cl)s3)cc2Cl)C1=O. The first-order valence-electron chi connectivity index (χ1n) is 10.1. The van der Waals surface area contributed by atoms with Crippen LogP contribution in [-0.2, 0) is 4.79 Å². The lowest BCUT2D eigenvalue weighted by molar-refractivity contribution is -0.123. The lowest BCUT2D eigenvalue weighted by atomic mass is 9.93. The van der Waals surface area contributed by atoms with Crippen LogP contribution in [0.15, 0.2) is 43.0 Å². The minimum absolute atomic E-state index is 0.0457. The van der Waals surface area contributed by atoms with Crippen molar-refractivity contribution in [1.29, 1.82) is 0 Å². The van der Waals surface area contributed by atoms with Crippen LogP contribution in [0.25, 0.3) is 0 Å². The molecule has 0 bridgehead atoms. The summed E-state index contributed by atoms with van der Waals surface area (Å²) < 4.78 is 0.537. The van der Waals surface area contributed by atoms with Crippen LogP contribution in [0.4, 0.5) is 11.4 Å². The normalized spacial score (nSPS) is 17.3. The molecule has 1 aromatic carbocycles. The first kappa shape index (κ1) is 23.6. The first-order valence-corrected chi connectivity index (χ1v) is 11.6. The van der Waals surface area contributed by atoms with Crippen LogP contribution in [0, 0.1) is 5.92 Å². The van der Waals surface area contributed by atoms with Crippen LogP contribution < -0.4 is 15.5 Å². The van der Waals surface area contributed by atoms with Gasteiger partial charge in [-0.1, -0.05) is 29.3 Å². The molecule has 2 amide bonds. The minimum Gasteiger partial charge on any atom is -0.389 e. The molecule has 1 saturated heterocycles. The summed E-state index contributed by atoms with van der Waals surface area (Å²) in [5.41, 5.74) is 1.41. The maximum atomic E-state index is 12.7. The molecular formula is C22H25Cl2N3O3S. The summed E-state index contributed by atoms with van der Waals surface area (Å²) in [6.45, 7) is 4.71. The fourth-order valence-corrected chi connectivity index (χ4v) is 4.73. The third-order valence-corrected chi connectivity index (χ3v) is 6.61. The van der Waals surface area contributed by atoms with Gasteiger partial charge in [0.05, 0.1) is 26.0 Å². The third-order valence-electron chi connectivity index (χ3n) is 5.08. The highest BCUT2D eigenvalue weighted by Gasteiger charge is 2.29. The summed E-state index contributed by atoms with van der Waals surface area (Å²) >= 11 is 13.5. The van der Waals surface area contributed by atoms with Crippen LogP contribution in [0.5, 0.6) is 0 Å². The second kappa shape index (κ2) is 11.0. The van der Waals surface area contributed by atoms with E-state index >= 15 is 0 Å². The average molecular weight is 482 g/mol. The van der Waals surface area contributed by atoms with Gasteiger partial charge in [-0.25, -0.2) is 0 Å². The van der Waals surface area contributed by atoms with Crippen molar-refractivity contribution in [2.45, 2.75) is 25.4 Å². The zero-order valence-corrected chi connectivity index (χ0v) is 19.3. The highest BCUT2D eigenvalue weighted by atomic mass is 35.5. The zero-order valence-electron chi connectivity index (χ0n) is 16.9. The van der Waals surface area contributed by atoms with Gasteiger partial charge in [-0.2, -0.15) is 0 Å². The van der Waals surface area contributed by atoms with Crippen LogP contribution >= 0.6 is 34.5 Å². The van der Waals surface area contributed by atoms with Crippen molar-refractivity contribution in [3.63, 3.8) is 0 Å². The van der Waals surface area contributed by atoms with E-state index in [9.17, 15) is 14.7 Å². The maximum absolute atomic E-state index is 12.7. The molecule has 1 fully saturated rings. The Hall–Kier alpha value is -2.06. The van der Waals surface area contributed by atoms with Gasteiger partial charge in [0.2, 0.25) is 5.91 Å². The Balaban J connectivity index is 1.52. The summed E-state index contributed by atoms with van der Waals surface area (Å²) in [5.74, 6) is -0.244. The maximum Gasteiger partial charge on any atom is 0.261 e. The van der Waals surface area contributed by atoms with Gasteiger partial charge < -0.3 is 20.6 Å². The Morgan fingerprint density at radius 3 is 2.81 bits per heavy atom. The molecule has 6 nitrogen and oxygen atoms in total. The van der Waals surface area contributed by atoms with Crippen molar-refractivity contribution >= 4 is 57.7 Å². The van der Waals surface area contributed by atoms with Gasteiger partial charge in [-0.15, -0.1) is 17.9 Å². The fourth-order valence-electron chi connectivity index (χ4n) is 3.49. The molecule has 31 heavy (non-hydrogen) atoms. The van der Waals surface area contributed by atoms with Gasteiger partial charge in [0.15, 0.2) is 0 Å². The molecule has 3 N–H and O–H groups in total. The molecule has 1 unspecified atom stereocenters. The predicted octanol–water partition coefficient (Wildman–Crippen LogP) is 4.58. The van der Waals surface area contributed by atoms with E-state index in [0.717, 1.165) is 18.5 Å². The summed E-state index contributed by atoms with van der Waals surface area (Å²) in [6.07, 6.45) is 3.45. The van der Waals surface area contributed by atoms with Crippen LogP contribution in [0.3, 0.4) is 0 Å². The van der Waals surface area contributed by atoms with Gasteiger partial charge >= 0.3 is 0 Å². The third kappa shape index (κ3) is 6.23. The van der Waals surface area contributed by atoms with Gasteiger partial charge in [-0.05, 0) is 49.6 Å². The molecular weight excluding hydrogens is 457 g/mol. The molecule has 3 rings (SSSR count). The van der Waals surface area contributed by atoms with Crippen LogP contribution in [0.2, 0.25) is 9.36 Å². The van der Waals surface area contributed by atoms with Gasteiger partial charge in [-0.3, -0.25) is 9.59 Å². The highest BCUT2D eigenvalue weighted by molar-refractivity contribution is 7.18. The molecule has 2 heterocycles. The van der Waals surface area contributed by atoms with E-state index < -0.39 is 6.10 Å². The molecule has 1 aliphatic rings. The lowest BCUT2D eigenvalue weighted by Gasteiger charge is -2.32. The smallest absolute Gasteiger partial charge is 0.261 e. The number of piperidine rings is 1. The van der Waals surface area contributed by atoms with E-state index in [-0.39, 0.29) is 30.8 Å².